The number of amides is 1. The number of halogens is 1. The molecule has 9 heteroatoms. The van der Waals surface area contributed by atoms with Gasteiger partial charge in [-0.2, -0.15) is 0 Å². The molecular weight excluding hydrogens is 434 g/mol. The number of nitrogens with one attached hydrogen (secondary N) is 1. The molecule has 0 fully saturated rings. The van der Waals surface area contributed by atoms with Crippen molar-refractivity contribution in [3.8, 4) is 11.4 Å². The Kier molecular flexibility index (Phi) is 6.01. The Morgan fingerprint density at radius 2 is 1.84 bits per heavy atom. The molecule has 4 rings (SSSR count). The van der Waals surface area contributed by atoms with Gasteiger partial charge >= 0.3 is 0 Å². The van der Waals surface area contributed by atoms with E-state index in [4.69, 9.17) is 16.3 Å². The number of rotatable bonds is 6. The van der Waals surface area contributed by atoms with Gasteiger partial charge < -0.3 is 4.74 Å². The van der Waals surface area contributed by atoms with E-state index in [0.29, 0.717) is 15.8 Å². The highest BCUT2D eigenvalue weighted by Crippen LogP contribution is 2.26. The van der Waals surface area contributed by atoms with E-state index in [2.05, 4.69) is 20.6 Å². The van der Waals surface area contributed by atoms with Crippen LogP contribution in [0.2, 0.25) is 5.02 Å². The van der Waals surface area contributed by atoms with Crippen LogP contribution in [0.4, 0.5) is 5.13 Å². The maximum absolute atomic E-state index is 12.8. The van der Waals surface area contributed by atoms with Crippen LogP contribution in [-0.2, 0) is 6.42 Å². The summed E-state index contributed by atoms with van der Waals surface area (Å²) in [7, 11) is 1.65. The summed E-state index contributed by atoms with van der Waals surface area (Å²) < 4.78 is 6.81. The highest BCUT2D eigenvalue weighted by Gasteiger charge is 2.19. The third-order valence-electron chi connectivity index (χ3n) is 4.82. The molecule has 0 atom stereocenters. The van der Waals surface area contributed by atoms with Crippen LogP contribution in [-0.4, -0.2) is 33.0 Å². The smallest absolute Gasteiger partial charge is 0.279 e. The topological polar surface area (TPSA) is 81.9 Å². The van der Waals surface area contributed by atoms with Crippen molar-refractivity contribution in [2.24, 2.45) is 0 Å². The summed E-state index contributed by atoms with van der Waals surface area (Å²) in [5, 5.41) is 12.2. The van der Waals surface area contributed by atoms with E-state index < -0.39 is 0 Å². The Labute approximate surface area is 188 Å². The van der Waals surface area contributed by atoms with E-state index in [1.807, 2.05) is 43.3 Å². The average molecular weight is 454 g/mol. The minimum atomic E-state index is -0.345. The van der Waals surface area contributed by atoms with Crippen LogP contribution < -0.4 is 10.1 Å². The van der Waals surface area contributed by atoms with Crippen LogP contribution in [0.25, 0.3) is 5.69 Å². The van der Waals surface area contributed by atoms with Gasteiger partial charge in [0.15, 0.2) is 10.8 Å². The number of carbonyl (C=O) groups is 1. The minimum absolute atomic E-state index is 0.250. The molecule has 0 radical (unpaired) electrons. The lowest BCUT2D eigenvalue weighted by Crippen LogP contribution is -2.14. The number of hydrogen-bond acceptors (Lipinski definition) is 6. The average Bonchev–Trinajstić information content (AvgIpc) is 3.31. The molecule has 158 valence electrons. The van der Waals surface area contributed by atoms with Gasteiger partial charge in [-0.3, -0.25) is 10.1 Å². The molecule has 2 aromatic carbocycles. The van der Waals surface area contributed by atoms with E-state index in [-0.39, 0.29) is 11.6 Å². The molecule has 7 nitrogen and oxygen atoms in total. The predicted molar refractivity (Wildman–Crippen MR) is 122 cm³/mol. The fourth-order valence-electron chi connectivity index (χ4n) is 3.10. The molecule has 0 bridgehead atoms. The normalized spacial score (nSPS) is 10.8. The molecule has 1 amide bonds. The Hall–Kier alpha value is -3.23. The van der Waals surface area contributed by atoms with E-state index in [1.165, 1.54) is 11.3 Å². The number of hydrogen-bond donors (Lipinski definition) is 1. The molecule has 2 aromatic heterocycles. The van der Waals surface area contributed by atoms with E-state index in [9.17, 15) is 4.79 Å². The van der Waals surface area contributed by atoms with Crippen molar-refractivity contribution in [2.45, 2.75) is 20.3 Å². The molecule has 0 aliphatic rings. The molecule has 1 N–H and O–H groups in total. The lowest BCUT2D eigenvalue weighted by atomic mass is 10.1. The molecule has 31 heavy (non-hydrogen) atoms. The van der Waals surface area contributed by atoms with Gasteiger partial charge in [-0.1, -0.05) is 28.9 Å². The van der Waals surface area contributed by atoms with Crippen molar-refractivity contribution in [1.82, 2.24) is 20.0 Å². The van der Waals surface area contributed by atoms with Crippen molar-refractivity contribution in [1.29, 1.82) is 0 Å². The number of nitrogens with zero attached hydrogens (tertiary/aromatic N) is 4. The first-order valence-electron chi connectivity index (χ1n) is 9.53. The van der Waals surface area contributed by atoms with Gasteiger partial charge in [-0.05, 0) is 55.8 Å². The second-order valence-electron chi connectivity index (χ2n) is 6.92. The second-order valence-corrected chi connectivity index (χ2v) is 8.44. The fraction of sp³-hybridized carbons (Fsp3) is 0.182. The molecule has 0 unspecified atom stereocenters. The van der Waals surface area contributed by atoms with Crippen LogP contribution in [0, 0.1) is 13.8 Å². The summed E-state index contributed by atoms with van der Waals surface area (Å²) in [6.45, 7) is 3.73. The molecule has 2 heterocycles. The molecular formula is C22H20ClN5O2S. The van der Waals surface area contributed by atoms with Crippen LogP contribution >= 0.6 is 22.9 Å². The first-order chi connectivity index (χ1) is 14.9. The number of aromatic nitrogens is 4. The van der Waals surface area contributed by atoms with Gasteiger partial charge in [-0.15, -0.1) is 16.4 Å². The fourth-order valence-corrected chi connectivity index (χ4v) is 4.21. The molecule has 0 spiro atoms. The predicted octanol–water partition coefficient (Wildman–Crippen LogP) is 4.85. The zero-order valence-electron chi connectivity index (χ0n) is 17.2. The number of anilines is 1. The quantitative estimate of drug-likeness (QED) is 0.451. The summed E-state index contributed by atoms with van der Waals surface area (Å²) >= 11 is 7.40. The first kappa shape index (κ1) is 21.0. The lowest BCUT2D eigenvalue weighted by molar-refractivity contribution is 0.102. The van der Waals surface area contributed by atoms with Crippen molar-refractivity contribution < 1.29 is 9.53 Å². The van der Waals surface area contributed by atoms with Crippen LogP contribution in [0.5, 0.6) is 5.75 Å². The summed E-state index contributed by atoms with van der Waals surface area (Å²) in [6, 6.07) is 15.1. The van der Waals surface area contributed by atoms with Crippen LogP contribution in [0.15, 0.2) is 48.5 Å². The molecule has 0 aliphatic heterocycles. The van der Waals surface area contributed by atoms with Crippen molar-refractivity contribution >= 4 is 34.0 Å². The number of ether oxygens (including phenoxy) is 1. The highest BCUT2D eigenvalue weighted by molar-refractivity contribution is 7.15. The van der Waals surface area contributed by atoms with Gasteiger partial charge in [-0.25, -0.2) is 9.67 Å². The largest absolute Gasteiger partial charge is 0.497 e. The van der Waals surface area contributed by atoms with Crippen molar-refractivity contribution in [2.75, 3.05) is 12.4 Å². The SMILES string of the molecule is COc1ccc(Cc2sc(NC(=O)c3nnn(-c4ccc(Cl)cc4)c3C)nc2C)cc1. The minimum Gasteiger partial charge on any atom is -0.497 e. The van der Waals surface area contributed by atoms with E-state index >= 15 is 0 Å². The molecule has 0 saturated carbocycles. The Bertz CT molecular complexity index is 1220. The maximum Gasteiger partial charge on any atom is 0.279 e. The third kappa shape index (κ3) is 4.60. The van der Waals surface area contributed by atoms with Crippen molar-refractivity contribution in [3.63, 3.8) is 0 Å². The summed E-state index contributed by atoms with van der Waals surface area (Å²) in [5.74, 6) is 0.474. The summed E-state index contributed by atoms with van der Waals surface area (Å²) in [4.78, 5) is 18.4. The molecule has 4 aromatic rings. The number of methoxy groups -OCH3 is 1. The van der Waals surface area contributed by atoms with Gasteiger partial charge in [0.25, 0.3) is 5.91 Å². The summed E-state index contributed by atoms with van der Waals surface area (Å²) in [6.07, 6.45) is 0.731. The Morgan fingerprint density at radius 1 is 1.13 bits per heavy atom. The number of benzene rings is 2. The van der Waals surface area contributed by atoms with Crippen LogP contribution in [0.3, 0.4) is 0 Å². The van der Waals surface area contributed by atoms with Crippen molar-refractivity contribution in [3.05, 3.63) is 81.1 Å². The first-order valence-corrected chi connectivity index (χ1v) is 10.7. The third-order valence-corrected chi connectivity index (χ3v) is 6.14. The second kappa shape index (κ2) is 8.87. The number of carbonyl (C=O) groups excluding carboxylic acids is 1. The Morgan fingerprint density at radius 3 is 2.52 bits per heavy atom. The summed E-state index contributed by atoms with van der Waals surface area (Å²) in [5.41, 5.74) is 3.69. The zero-order chi connectivity index (χ0) is 22.0. The molecule has 0 aliphatic carbocycles. The van der Waals surface area contributed by atoms with E-state index in [0.717, 1.165) is 34.0 Å². The number of aryl methyl sites for hydroxylation is 1. The van der Waals surface area contributed by atoms with E-state index in [1.54, 1.807) is 30.8 Å². The van der Waals surface area contributed by atoms with Gasteiger partial charge in [0.05, 0.1) is 24.2 Å². The van der Waals surface area contributed by atoms with Gasteiger partial charge in [0.2, 0.25) is 0 Å². The lowest BCUT2D eigenvalue weighted by Gasteiger charge is -2.04. The standard InChI is InChI=1S/C22H20ClN5O2S/c1-13-19(12-15-4-10-18(30-3)11-5-15)31-22(24-13)25-21(29)20-14(2)28(27-26-20)17-8-6-16(23)7-9-17/h4-11H,12H2,1-3H3,(H,24,25,29). The van der Waals surface area contributed by atoms with Gasteiger partial charge in [0.1, 0.15) is 5.75 Å². The monoisotopic (exact) mass is 453 g/mol. The van der Waals surface area contributed by atoms with Gasteiger partial charge in [0, 0.05) is 16.3 Å². The highest BCUT2D eigenvalue weighted by atomic mass is 35.5. The number of thiazole rings is 1. The maximum atomic E-state index is 12.8. The Balaban J connectivity index is 1.49. The molecule has 0 saturated heterocycles. The van der Waals surface area contributed by atoms with Crippen LogP contribution in [0.1, 0.15) is 32.3 Å². The zero-order valence-corrected chi connectivity index (χ0v) is 18.8.